The van der Waals surface area contributed by atoms with E-state index in [1.807, 2.05) is 0 Å². The summed E-state index contributed by atoms with van der Waals surface area (Å²) in [5.74, 6) is -3.54. The number of rotatable bonds is 3. The molecule has 0 saturated heterocycles. The number of ether oxygens (including phenoxy) is 2. The second-order valence-electron chi connectivity index (χ2n) is 1.92. The van der Waals surface area contributed by atoms with E-state index >= 15 is 0 Å². The first-order valence-corrected chi connectivity index (χ1v) is 3.48. The van der Waals surface area contributed by atoms with Crippen molar-refractivity contribution in [3.8, 4) is 0 Å². The molecule has 12 heavy (non-hydrogen) atoms. The van der Waals surface area contributed by atoms with Gasteiger partial charge in [0.05, 0.1) is 20.1 Å². The fourth-order valence-corrected chi connectivity index (χ4v) is 0.734. The molecular formula is C6H8ClFO4. The van der Waals surface area contributed by atoms with Crippen molar-refractivity contribution in [3.05, 3.63) is 0 Å². The third-order valence-corrected chi connectivity index (χ3v) is 1.57. The van der Waals surface area contributed by atoms with Gasteiger partial charge in [0, 0.05) is 0 Å². The molecule has 0 aromatic rings. The van der Waals surface area contributed by atoms with Crippen LogP contribution in [0.4, 0.5) is 4.39 Å². The van der Waals surface area contributed by atoms with E-state index in [1.54, 1.807) is 0 Å². The van der Waals surface area contributed by atoms with Gasteiger partial charge in [-0.25, -0.2) is 14.0 Å². The molecule has 0 aliphatic rings. The van der Waals surface area contributed by atoms with Crippen LogP contribution in [0, 0.1) is 0 Å². The monoisotopic (exact) mass is 198 g/mol. The fraction of sp³-hybridized carbons (Fsp3) is 0.667. The van der Waals surface area contributed by atoms with E-state index in [-0.39, 0.29) is 0 Å². The molecular weight excluding hydrogens is 191 g/mol. The van der Waals surface area contributed by atoms with Crippen LogP contribution in [0.15, 0.2) is 0 Å². The minimum atomic E-state index is -2.90. The number of esters is 2. The molecule has 0 atom stereocenters. The summed E-state index contributed by atoms with van der Waals surface area (Å²) in [7, 11) is 1.90. The van der Waals surface area contributed by atoms with Gasteiger partial charge in [-0.1, -0.05) is 0 Å². The van der Waals surface area contributed by atoms with Crippen molar-refractivity contribution >= 4 is 23.5 Å². The molecule has 0 fully saturated rings. The zero-order valence-corrected chi connectivity index (χ0v) is 7.35. The normalized spacial score (nSPS) is 10.7. The molecule has 0 aliphatic carbocycles. The molecule has 4 nitrogen and oxygen atoms in total. The first-order chi connectivity index (χ1) is 5.52. The zero-order chi connectivity index (χ0) is 9.78. The molecule has 0 aromatic carbocycles. The lowest BCUT2D eigenvalue weighted by Crippen LogP contribution is -2.45. The summed E-state index contributed by atoms with van der Waals surface area (Å²) in [6.45, 7) is 0. The smallest absolute Gasteiger partial charge is 0.356 e. The van der Waals surface area contributed by atoms with Crippen LogP contribution in [-0.4, -0.2) is 37.7 Å². The van der Waals surface area contributed by atoms with Crippen LogP contribution in [0.1, 0.15) is 0 Å². The summed E-state index contributed by atoms with van der Waals surface area (Å²) < 4.78 is 21.3. The average Bonchev–Trinajstić information content (AvgIpc) is 2.13. The molecule has 0 aliphatic heterocycles. The second-order valence-corrected chi connectivity index (χ2v) is 2.19. The Bertz CT molecular complexity index is 178. The predicted molar refractivity (Wildman–Crippen MR) is 38.6 cm³/mol. The number of carbonyl (C=O) groups is 2. The van der Waals surface area contributed by atoms with Gasteiger partial charge in [-0.3, -0.25) is 0 Å². The van der Waals surface area contributed by atoms with Gasteiger partial charge < -0.3 is 9.47 Å². The highest BCUT2D eigenvalue weighted by Crippen LogP contribution is 2.17. The zero-order valence-electron chi connectivity index (χ0n) is 6.60. The Morgan fingerprint density at radius 2 is 1.67 bits per heavy atom. The van der Waals surface area contributed by atoms with E-state index in [2.05, 4.69) is 9.47 Å². The maximum absolute atomic E-state index is 13.2. The summed E-state index contributed by atoms with van der Waals surface area (Å²) in [5.41, 5.74) is -2.90. The van der Waals surface area contributed by atoms with Crippen LogP contribution in [0.25, 0.3) is 0 Å². The largest absolute Gasteiger partial charge is 0.466 e. The first-order valence-electron chi connectivity index (χ1n) is 2.94. The number of hydrogen-bond donors (Lipinski definition) is 0. The van der Waals surface area contributed by atoms with Gasteiger partial charge in [0.15, 0.2) is 0 Å². The maximum Gasteiger partial charge on any atom is 0.356 e. The van der Waals surface area contributed by atoms with Crippen LogP contribution in [0.3, 0.4) is 0 Å². The highest BCUT2D eigenvalue weighted by molar-refractivity contribution is 6.24. The first kappa shape index (κ1) is 11.2. The Morgan fingerprint density at radius 3 is 1.83 bits per heavy atom. The van der Waals surface area contributed by atoms with Gasteiger partial charge in [0.2, 0.25) is 0 Å². The molecule has 0 rings (SSSR count). The lowest BCUT2D eigenvalue weighted by Gasteiger charge is -2.16. The van der Waals surface area contributed by atoms with E-state index in [0.29, 0.717) is 0 Å². The molecule has 0 radical (unpaired) electrons. The van der Waals surface area contributed by atoms with E-state index in [4.69, 9.17) is 11.6 Å². The lowest BCUT2D eigenvalue weighted by atomic mass is 10.1. The van der Waals surface area contributed by atoms with Gasteiger partial charge in [-0.15, -0.1) is 11.6 Å². The van der Waals surface area contributed by atoms with Crippen LogP contribution in [0.5, 0.6) is 0 Å². The highest BCUT2D eigenvalue weighted by atomic mass is 35.5. The van der Waals surface area contributed by atoms with Crippen LogP contribution >= 0.6 is 11.6 Å². The van der Waals surface area contributed by atoms with Crippen molar-refractivity contribution in [2.24, 2.45) is 0 Å². The van der Waals surface area contributed by atoms with Gasteiger partial charge in [0.1, 0.15) is 0 Å². The number of hydrogen-bond acceptors (Lipinski definition) is 4. The minimum Gasteiger partial charge on any atom is -0.466 e. The Balaban J connectivity index is 4.66. The molecule has 0 aromatic heterocycles. The molecule has 0 amide bonds. The van der Waals surface area contributed by atoms with Crippen molar-refractivity contribution in [3.63, 3.8) is 0 Å². The quantitative estimate of drug-likeness (QED) is 0.371. The van der Waals surface area contributed by atoms with E-state index in [9.17, 15) is 14.0 Å². The number of alkyl halides is 2. The molecule has 0 bridgehead atoms. The molecule has 0 spiro atoms. The minimum absolute atomic E-state index is 0.827. The molecule has 0 heterocycles. The second kappa shape index (κ2) is 4.25. The number of methoxy groups -OCH3 is 2. The summed E-state index contributed by atoms with van der Waals surface area (Å²) in [6.07, 6.45) is 0. The van der Waals surface area contributed by atoms with Crippen molar-refractivity contribution in [2.45, 2.75) is 5.67 Å². The van der Waals surface area contributed by atoms with Crippen molar-refractivity contribution < 1.29 is 23.5 Å². The van der Waals surface area contributed by atoms with Crippen LogP contribution in [-0.2, 0) is 19.1 Å². The van der Waals surface area contributed by atoms with Gasteiger partial charge in [-0.2, -0.15) is 0 Å². The van der Waals surface area contributed by atoms with Crippen LogP contribution < -0.4 is 0 Å². The van der Waals surface area contributed by atoms with Crippen molar-refractivity contribution in [1.82, 2.24) is 0 Å². The van der Waals surface area contributed by atoms with Crippen molar-refractivity contribution in [1.29, 1.82) is 0 Å². The topological polar surface area (TPSA) is 52.6 Å². The molecule has 70 valence electrons. The summed E-state index contributed by atoms with van der Waals surface area (Å²) in [4.78, 5) is 21.4. The number of carbonyl (C=O) groups excluding carboxylic acids is 2. The Kier molecular flexibility index (Phi) is 3.95. The third-order valence-electron chi connectivity index (χ3n) is 1.20. The average molecular weight is 199 g/mol. The fourth-order valence-electron chi connectivity index (χ4n) is 0.516. The Hall–Kier alpha value is -0.840. The van der Waals surface area contributed by atoms with E-state index < -0.39 is 23.5 Å². The molecule has 0 saturated carbocycles. The molecule has 0 unspecified atom stereocenters. The van der Waals surface area contributed by atoms with Crippen LogP contribution in [0.2, 0.25) is 0 Å². The standard InChI is InChI=1S/C6H8ClFO4/c1-11-4(9)6(8,3-7)5(10)12-2/h3H2,1-2H3. The molecule has 6 heteroatoms. The van der Waals surface area contributed by atoms with E-state index in [1.165, 1.54) is 0 Å². The summed E-state index contributed by atoms with van der Waals surface area (Å²) in [5, 5.41) is 0. The Labute approximate surface area is 73.6 Å². The lowest BCUT2D eigenvalue weighted by molar-refractivity contribution is -0.169. The van der Waals surface area contributed by atoms with Crippen molar-refractivity contribution in [2.75, 3.05) is 20.1 Å². The van der Waals surface area contributed by atoms with Gasteiger partial charge in [0.25, 0.3) is 0 Å². The summed E-state index contributed by atoms with van der Waals surface area (Å²) in [6, 6.07) is 0. The molecule has 0 N–H and O–H groups in total. The van der Waals surface area contributed by atoms with E-state index in [0.717, 1.165) is 14.2 Å². The van der Waals surface area contributed by atoms with Gasteiger partial charge >= 0.3 is 17.6 Å². The Morgan fingerprint density at radius 1 is 1.33 bits per heavy atom. The maximum atomic E-state index is 13.2. The SMILES string of the molecule is COC(=O)C(F)(CCl)C(=O)OC. The van der Waals surface area contributed by atoms with Gasteiger partial charge in [-0.05, 0) is 0 Å². The third kappa shape index (κ3) is 1.85. The summed E-state index contributed by atoms with van der Waals surface area (Å²) >= 11 is 5.08. The highest BCUT2D eigenvalue weighted by Gasteiger charge is 2.48. The number of halogens is 2. The predicted octanol–water partition coefficient (Wildman–Crippen LogP) is 0.279.